The van der Waals surface area contributed by atoms with Crippen LogP contribution in [0.4, 0.5) is 13.2 Å². The Morgan fingerprint density at radius 1 is 1.09 bits per heavy atom. The lowest BCUT2D eigenvalue weighted by atomic mass is 10.1. The van der Waals surface area contributed by atoms with Crippen LogP contribution in [-0.2, 0) is 11.8 Å². The lowest BCUT2D eigenvalue weighted by Gasteiger charge is -2.15. The number of rotatable bonds is 7. The summed E-state index contributed by atoms with van der Waals surface area (Å²) in [5.41, 5.74) is -0.124. The van der Waals surface area contributed by atoms with Gasteiger partial charge in [-0.15, -0.1) is 5.10 Å². The number of benzene rings is 2. The molecule has 2 aromatic carbocycles. The van der Waals surface area contributed by atoms with Gasteiger partial charge >= 0.3 is 5.97 Å². The topological polar surface area (TPSA) is 124 Å². The fraction of sp³-hybridized carbons (Fsp3) is 0.136. The van der Waals surface area contributed by atoms with Crippen molar-refractivity contribution in [3.8, 4) is 22.7 Å². The molecule has 0 fully saturated rings. The zero-order valence-electron chi connectivity index (χ0n) is 18.2. The van der Waals surface area contributed by atoms with Crippen molar-refractivity contribution in [3.63, 3.8) is 0 Å². The standard InChI is InChI=1S/C22H17F3N6O4/c1-30-9-14(17-10-31(29-27-17)12-4-6-18(35-2)16(25)8-12)19(28-30)21(32)26-20(22(33)34)13-7-11(23)3-5-15(13)24/h3-10,20H,1-2H3,(H,26,32)(H,33,34). The number of hydrogen-bond donors (Lipinski definition) is 2. The maximum absolute atomic E-state index is 14.2. The molecule has 0 aliphatic carbocycles. The lowest BCUT2D eigenvalue weighted by Crippen LogP contribution is -2.35. The number of amides is 1. The molecule has 1 amide bonds. The molecule has 1 unspecified atom stereocenters. The number of hydrogen-bond acceptors (Lipinski definition) is 6. The summed E-state index contributed by atoms with van der Waals surface area (Å²) in [5, 5.41) is 23.6. The molecule has 4 rings (SSSR count). The molecule has 0 radical (unpaired) electrons. The molecule has 35 heavy (non-hydrogen) atoms. The Bertz CT molecular complexity index is 1430. The van der Waals surface area contributed by atoms with Crippen LogP contribution < -0.4 is 10.1 Å². The average Bonchev–Trinajstić information content (AvgIpc) is 3.45. The number of aryl methyl sites for hydroxylation is 1. The van der Waals surface area contributed by atoms with E-state index < -0.39 is 40.9 Å². The molecule has 2 heterocycles. The summed E-state index contributed by atoms with van der Waals surface area (Å²) >= 11 is 0. The number of nitrogens with one attached hydrogen (secondary N) is 1. The first-order valence-corrected chi connectivity index (χ1v) is 9.97. The number of carbonyl (C=O) groups is 2. The van der Waals surface area contributed by atoms with E-state index in [2.05, 4.69) is 20.7 Å². The van der Waals surface area contributed by atoms with Crippen molar-refractivity contribution in [1.82, 2.24) is 30.1 Å². The van der Waals surface area contributed by atoms with E-state index in [9.17, 15) is 27.9 Å². The number of ether oxygens (including phenoxy) is 1. The third-order valence-electron chi connectivity index (χ3n) is 5.00. The predicted molar refractivity (Wildman–Crippen MR) is 114 cm³/mol. The molecule has 0 spiro atoms. The van der Waals surface area contributed by atoms with Crippen LogP contribution in [-0.4, -0.2) is 48.9 Å². The second-order valence-electron chi connectivity index (χ2n) is 7.34. The molecule has 2 N–H and O–H groups in total. The molecule has 13 heteroatoms. The van der Waals surface area contributed by atoms with E-state index in [-0.39, 0.29) is 22.7 Å². The number of carboxylic acid groups (broad SMARTS) is 1. The van der Waals surface area contributed by atoms with Crippen LogP contribution in [0.5, 0.6) is 5.75 Å². The molecule has 0 bridgehead atoms. The number of aliphatic carboxylic acids is 1. The van der Waals surface area contributed by atoms with Gasteiger partial charge in [-0.05, 0) is 30.3 Å². The number of carbonyl (C=O) groups excluding carboxylic acids is 1. The van der Waals surface area contributed by atoms with E-state index >= 15 is 0 Å². The Balaban J connectivity index is 1.65. The summed E-state index contributed by atoms with van der Waals surface area (Å²) in [7, 11) is 2.85. The van der Waals surface area contributed by atoms with Crippen molar-refractivity contribution in [2.45, 2.75) is 6.04 Å². The third-order valence-corrected chi connectivity index (χ3v) is 5.00. The lowest BCUT2D eigenvalue weighted by molar-refractivity contribution is -0.139. The van der Waals surface area contributed by atoms with Gasteiger partial charge in [0.15, 0.2) is 23.3 Å². The third kappa shape index (κ3) is 4.69. The zero-order chi connectivity index (χ0) is 25.3. The van der Waals surface area contributed by atoms with Crippen molar-refractivity contribution in [1.29, 1.82) is 0 Å². The van der Waals surface area contributed by atoms with Crippen molar-refractivity contribution in [2.24, 2.45) is 7.05 Å². The zero-order valence-corrected chi connectivity index (χ0v) is 18.2. The molecule has 180 valence electrons. The number of carboxylic acids is 1. The van der Waals surface area contributed by atoms with Gasteiger partial charge in [-0.2, -0.15) is 5.10 Å². The van der Waals surface area contributed by atoms with Gasteiger partial charge in [-0.25, -0.2) is 22.6 Å². The van der Waals surface area contributed by atoms with Gasteiger partial charge in [0.1, 0.15) is 17.3 Å². The van der Waals surface area contributed by atoms with Crippen LogP contribution in [0.2, 0.25) is 0 Å². The average molecular weight is 486 g/mol. The van der Waals surface area contributed by atoms with Gasteiger partial charge in [0.25, 0.3) is 5.91 Å². The van der Waals surface area contributed by atoms with Crippen molar-refractivity contribution in [2.75, 3.05) is 7.11 Å². The van der Waals surface area contributed by atoms with Crippen molar-refractivity contribution < 1.29 is 32.6 Å². The molecule has 0 aliphatic rings. The first-order chi connectivity index (χ1) is 16.7. The summed E-state index contributed by atoms with van der Waals surface area (Å²) < 4.78 is 49.3. The van der Waals surface area contributed by atoms with Crippen LogP contribution in [0.3, 0.4) is 0 Å². The van der Waals surface area contributed by atoms with Crippen LogP contribution in [0.15, 0.2) is 48.8 Å². The number of nitrogens with zero attached hydrogens (tertiary/aromatic N) is 5. The maximum atomic E-state index is 14.2. The minimum atomic E-state index is -1.88. The minimum absolute atomic E-state index is 0.0445. The Hall–Kier alpha value is -4.68. The molecule has 0 aliphatic heterocycles. The van der Waals surface area contributed by atoms with E-state index in [0.717, 1.165) is 12.1 Å². The quantitative estimate of drug-likeness (QED) is 0.412. The molecule has 0 saturated heterocycles. The van der Waals surface area contributed by atoms with Crippen LogP contribution in [0.25, 0.3) is 16.9 Å². The Kier molecular flexibility index (Phi) is 6.23. The highest BCUT2D eigenvalue weighted by molar-refractivity contribution is 6.00. The highest BCUT2D eigenvalue weighted by Gasteiger charge is 2.29. The van der Waals surface area contributed by atoms with E-state index in [1.165, 1.54) is 48.0 Å². The second kappa shape index (κ2) is 9.29. The molecule has 10 nitrogen and oxygen atoms in total. The Morgan fingerprint density at radius 2 is 1.86 bits per heavy atom. The van der Waals surface area contributed by atoms with E-state index in [1.807, 2.05) is 0 Å². The first kappa shape index (κ1) is 23.5. The number of aromatic nitrogens is 5. The summed E-state index contributed by atoms with van der Waals surface area (Å²) in [4.78, 5) is 24.7. The van der Waals surface area contributed by atoms with E-state index in [4.69, 9.17) is 4.74 Å². The summed E-state index contributed by atoms with van der Waals surface area (Å²) in [6.45, 7) is 0. The fourth-order valence-electron chi connectivity index (χ4n) is 3.36. The summed E-state index contributed by atoms with van der Waals surface area (Å²) in [6.07, 6.45) is 2.85. The predicted octanol–water partition coefficient (Wildman–Crippen LogP) is 2.65. The Morgan fingerprint density at radius 3 is 2.54 bits per heavy atom. The van der Waals surface area contributed by atoms with Crippen LogP contribution in [0.1, 0.15) is 22.1 Å². The second-order valence-corrected chi connectivity index (χ2v) is 7.34. The monoisotopic (exact) mass is 486 g/mol. The molecular formula is C22H17F3N6O4. The minimum Gasteiger partial charge on any atom is -0.494 e. The molecule has 0 saturated carbocycles. The van der Waals surface area contributed by atoms with Gasteiger partial charge in [-0.3, -0.25) is 9.48 Å². The summed E-state index contributed by atoms with van der Waals surface area (Å²) in [6, 6.07) is 4.53. The van der Waals surface area contributed by atoms with E-state index in [0.29, 0.717) is 11.8 Å². The largest absolute Gasteiger partial charge is 0.494 e. The normalized spacial score (nSPS) is 11.8. The van der Waals surface area contributed by atoms with Gasteiger partial charge in [0.2, 0.25) is 0 Å². The van der Waals surface area contributed by atoms with Gasteiger partial charge < -0.3 is 15.2 Å². The van der Waals surface area contributed by atoms with Crippen LogP contribution in [0, 0.1) is 17.5 Å². The van der Waals surface area contributed by atoms with E-state index in [1.54, 1.807) is 6.07 Å². The Labute approximate surface area is 195 Å². The van der Waals surface area contributed by atoms with Crippen molar-refractivity contribution in [3.05, 3.63) is 77.5 Å². The molecule has 2 aromatic heterocycles. The highest BCUT2D eigenvalue weighted by Crippen LogP contribution is 2.25. The molecule has 1 atom stereocenters. The van der Waals surface area contributed by atoms with Crippen molar-refractivity contribution >= 4 is 11.9 Å². The smallest absolute Gasteiger partial charge is 0.331 e. The maximum Gasteiger partial charge on any atom is 0.331 e. The summed E-state index contributed by atoms with van der Waals surface area (Å²) in [5.74, 6) is -5.02. The number of halogens is 3. The molecule has 4 aromatic rings. The first-order valence-electron chi connectivity index (χ1n) is 9.97. The van der Waals surface area contributed by atoms with Gasteiger partial charge in [0.05, 0.1) is 24.6 Å². The highest BCUT2D eigenvalue weighted by atomic mass is 19.1. The SMILES string of the molecule is COc1ccc(-n2cc(-c3cn(C)nc3C(=O)NC(C(=O)O)c3cc(F)ccc3F)nn2)cc1F. The van der Waals surface area contributed by atoms with Gasteiger partial charge in [-0.1, -0.05) is 5.21 Å². The fourth-order valence-corrected chi connectivity index (χ4v) is 3.36. The number of methoxy groups -OCH3 is 1. The van der Waals surface area contributed by atoms with Gasteiger partial charge in [0, 0.05) is 24.9 Å². The molecular weight excluding hydrogens is 469 g/mol. The van der Waals surface area contributed by atoms with Crippen LogP contribution >= 0.6 is 0 Å².